The second-order valence-electron chi connectivity index (χ2n) is 2.32. The Morgan fingerprint density at radius 1 is 1.77 bits per heavy atom. The van der Waals surface area contributed by atoms with Crippen LogP contribution in [0, 0.1) is 0 Å². The maximum absolute atomic E-state index is 3.85. The topological polar surface area (TPSA) is 41.0 Å². The van der Waals surface area contributed by atoms with Crippen molar-refractivity contribution in [2.75, 3.05) is 0 Å². The summed E-state index contributed by atoms with van der Waals surface area (Å²) in [5.41, 5.74) is 1.96. The lowest BCUT2D eigenvalue weighted by molar-refractivity contribution is 1.09. The molecule has 0 aromatic carbocycles. The van der Waals surface area contributed by atoms with E-state index >= 15 is 0 Å². The summed E-state index contributed by atoms with van der Waals surface area (Å²) in [6.07, 6.45) is 5.35. The van der Waals surface area contributed by atoms with Crippen molar-refractivity contribution in [1.29, 1.82) is 0 Å². The number of thioether (sulfide) groups is 1. The first-order valence-electron chi connectivity index (χ1n) is 3.75. The van der Waals surface area contributed by atoms with E-state index in [-0.39, 0.29) is 0 Å². The highest BCUT2D eigenvalue weighted by Crippen LogP contribution is 2.14. The van der Waals surface area contributed by atoms with Crippen LogP contribution < -0.4 is 0 Å². The van der Waals surface area contributed by atoms with Gasteiger partial charge in [-0.3, -0.25) is 10.1 Å². The molecule has 4 heteroatoms. The number of hydrogen-bond donors (Lipinski definition) is 1. The Morgan fingerprint density at radius 3 is 3.15 bits per heavy atom. The highest BCUT2D eigenvalue weighted by molar-refractivity contribution is 8.01. The second-order valence-corrected chi connectivity index (χ2v) is 3.18. The lowest BCUT2D eigenvalue weighted by Gasteiger charge is -1.92. The van der Waals surface area contributed by atoms with Crippen molar-refractivity contribution < 1.29 is 0 Å². The van der Waals surface area contributed by atoms with Gasteiger partial charge >= 0.3 is 0 Å². The third-order valence-corrected chi connectivity index (χ3v) is 2.31. The molecular weight excluding hydrogens is 182 g/mol. The van der Waals surface area contributed by atoms with Crippen molar-refractivity contribution in [2.24, 2.45) is 4.99 Å². The van der Waals surface area contributed by atoms with Gasteiger partial charge in [-0.2, -0.15) is 5.10 Å². The van der Waals surface area contributed by atoms with Gasteiger partial charge in [-0.25, -0.2) is 0 Å². The van der Waals surface area contributed by atoms with Gasteiger partial charge in [-0.15, -0.1) is 11.8 Å². The summed E-state index contributed by atoms with van der Waals surface area (Å²) in [5.74, 6) is 0.878. The van der Waals surface area contributed by atoms with E-state index in [1.165, 1.54) is 0 Å². The molecular formula is C9H11N3S. The van der Waals surface area contributed by atoms with E-state index < -0.39 is 0 Å². The number of nitrogens with one attached hydrogen (secondary N) is 1. The minimum atomic E-state index is 0.800. The number of aliphatic imine (C=N–C) groups is 1. The maximum atomic E-state index is 3.85. The van der Waals surface area contributed by atoms with Crippen LogP contribution in [0.15, 0.2) is 41.1 Å². The average molecular weight is 193 g/mol. The van der Waals surface area contributed by atoms with E-state index in [1.807, 2.05) is 11.6 Å². The molecule has 1 rings (SSSR count). The number of H-pyrrole nitrogens is 1. The third-order valence-electron chi connectivity index (χ3n) is 1.40. The van der Waals surface area contributed by atoms with Crippen molar-refractivity contribution in [1.82, 2.24) is 10.2 Å². The fraction of sp³-hybridized carbons (Fsp3) is 0.111. The molecule has 0 saturated carbocycles. The van der Waals surface area contributed by atoms with Crippen LogP contribution in [0.2, 0.25) is 0 Å². The molecule has 0 saturated heterocycles. The molecule has 0 fully saturated rings. The van der Waals surface area contributed by atoms with Crippen molar-refractivity contribution in [2.45, 2.75) is 5.75 Å². The fourth-order valence-electron chi connectivity index (χ4n) is 0.730. The van der Waals surface area contributed by atoms with Crippen LogP contribution >= 0.6 is 11.8 Å². The van der Waals surface area contributed by atoms with Crippen LogP contribution in [0.5, 0.6) is 0 Å². The zero-order chi connectivity index (χ0) is 9.52. The molecule has 0 aliphatic heterocycles. The van der Waals surface area contributed by atoms with Gasteiger partial charge in [0.05, 0.1) is 11.9 Å². The minimum absolute atomic E-state index is 0.800. The van der Waals surface area contributed by atoms with E-state index in [0.717, 1.165) is 17.0 Å². The van der Waals surface area contributed by atoms with Crippen LogP contribution in [0.4, 0.5) is 0 Å². The lowest BCUT2D eigenvalue weighted by Crippen LogP contribution is -1.72. The molecule has 0 amide bonds. The van der Waals surface area contributed by atoms with Gasteiger partial charge in [0.15, 0.2) is 0 Å². The highest BCUT2D eigenvalue weighted by atomic mass is 32.2. The van der Waals surface area contributed by atoms with Crippen molar-refractivity contribution >= 4 is 18.5 Å². The van der Waals surface area contributed by atoms with E-state index in [1.54, 1.807) is 24.0 Å². The molecule has 0 bridgehead atoms. The van der Waals surface area contributed by atoms with Gasteiger partial charge in [-0.1, -0.05) is 6.58 Å². The highest BCUT2D eigenvalue weighted by Gasteiger charge is 1.92. The molecule has 0 radical (unpaired) electrons. The van der Waals surface area contributed by atoms with Crippen molar-refractivity contribution in [3.05, 3.63) is 41.7 Å². The van der Waals surface area contributed by atoms with Gasteiger partial charge < -0.3 is 0 Å². The number of allylic oxidation sites excluding steroid dienone is 1. The van der Waals surface area contributed by atoms with Crippen molar-refractivity contribution in [3.63, 3.8) is 0 Å². The number of rotatable bonds is 5. The quantitative estimate of drug-likeness (QED) is 0.576. The first kappa shape index (κ1) is 9.80. The Balaban J connectivity index is 2.39. The number of aromatic amines is 1. The van der Waals surface area contributed by atoms with Gasteiger partial charge in [0.25, 0.3) is 0 Å². The molecule has 3 nitrogen and oxygen atoms in total. The zero-order valence-corrected chi connectivity index (χ0v) is 8.05. The molecule has 0 unspecified atom stereocenters. The molecule has 0 spiro atoms. The second kappa shape index (κ2) is 5.37. The smallest absolute Gasteiger partial charge is 0.0679 e. The number of hydrogen-bond acceptors (Lipinski definition) is 3. The Kier molecular flexibility index (Phi) is 4.05. The summed E-state index contributed by atoms with van der Waals surface area (Å²) in [6, 6.07) is 0. The molecule has 0 aliphatic carbocycles. The van der Waals surface area contributed by atoms with Crippen LogP contribution in [0.3, 0.4) is 0 Å². The van der Waals surface area contributed by atoms with Gasteiger partial charge in [0, 0.05) is 17.5 Å². The molecule has 13 heavy (non-hydrogen) atoms. The molecule has 0 atom stereocenters. The molecule has 0 aliphatic rings. The molecule has 68 valence electrons. The fourth-order valence-corrected chi connectivity index (χ4v) is 1.50. The van der Waals surface area contributed by atoms with E-state index in [9.17, 15) is 0 Å². The standard InChI is InChI=1S/C9H11N3S/c1-3-9(10-2)7-13-6-8-4-11-12-5-8/h3-5,7H,1-2,6H2,(H,11,12)/b9-7-. The Morgan fingerprint density at radius 2 is 2.62 bits per heavy atom. The maximum Gasteiger partial charge on any atom is 0.0679 e. The van der Waals surface area contributed by atoms with E-state index in [0.29, 0.717) is 0 Å². The van der Waals surface area contributed by atoms with Crippen LogP contribution in [0.1, 0.15) is 5.56 Å². The van der Waals surface area contributed by atoms with Crippen LogP contribution in [-0.2, 0) is 5.75 Å². The van der Waals surface area contributed by atoms with Crippen LogP contribution in [-0.4, -0.2) is 16.9 Å². The Hall–Kier alpha value is -1.29. The zero-order valence-electron chi connectivity index (χ0n) is 7.23. The lowest BCUT2D eigenvalue weighted by atomic mass is 10.4. The largest absolute Gasteiger partial charge is 0.285 e. The van der Waals surface area contributed by atoms with E-state index in [2.05, 4.69) is 28.5 Å². The first-order valence-corrected chi connectivity index (χ1v) is 4.80. The summed E-state index contributed by atoms with van der Waals surface area (Å²) < 4.78 is 0. The molecule has 1 aromatic heterocycles. The molecule has 1 N–H and O–H groups in total. The van der Waals surface area contributed by atoms with Gasteiger partial charge in [-0.05, 0) is 18.2 Å². The normalized spacial score (nSPS) is 11.2. The van der Waals surface area contributed by atoms with Crippen molar-refractivity contribution in [3.8, 4) is 0 Å². The summed E-state index contributed by atoms with van der Waals surface area (Å²) in [5, 5.41) is 8.52. The summed E-state index contributed by atoms with van der Waals surface area (Å²) in [4.78, 5) is 3.77. The number of nitrogens with zero attached hydrogens (tertiary/aromatic N) is 2. The third kappa shape index (κ3) is 3.29. The van der Waals surface area contributed by atoms with Gasteiger partial charge in [0.2, 0.25) is 0 Å². The summed E-state index contributed by atoms with van der Waals surface area (Å²) in [7, 11) is 0. The first-order chi connectivity index (χ1) is 6.36. The summed E-state index contributed by atoms with van der Waals surface area (Å²) >= 11 is 1.64. The minimum Gasteiger partial charge on any atom is -0.285 e. The SMILES string of the molecule is C=C/C(=C/SCc1cn[nH]c1)N=C. The van der Waals surface area contributed by atoms with Gasteiger partial charge in [0.1, 0.15) is 0 Å². The summed E-state index contributed by atoms with van der Waals surface area (Å²) in [6.45, 7) is 7.04. The van der Waals surface area contributed by atoms with E-state index in [4.69, 9.17) is 0 Å². The molecule has 1 aromatic rings. The monoisotopic (exact) mass is 193 g/mol. The Labute approximate surface area is 81.7 Å². The average Bonchev–Trinajstić information content (AvgIpc) is 2.65. The molecule has 1 heterocycles. The predicted octanol–water partition coefficient (Wildman–Crippen LogP) is 2.37. The Bertz CT molecular complexity index is 291. The van der Waals surface area contributed by atoms with Crippen LogP contribution in [0.25, 0.3) is 0 Å². The number of aromatic nitrogens is 2. The predicted molar refractivity (Wildman–Crippen MR) is 57.7 cm³/mol.